The molecule has 2 aromatic rings. The van der Waals surface area contributed by atoms with Crippen molar-refractivity contribution in [2.75, 3.05) is 13.2 Å². The number of carbonyl (C=O) groups excluding carboxylic acids is 2. The molecule has 0 bridgehead atoms. The Morgan fingerprint density at radius 3 is 2.38 bits per heavy atom. The molecule has 5 nitrogen and oxygen atoms in total. The average molecular weight is 360 g/mol. The number of hydrogen-bond acceptors (Lipinski definition) is 5. The molecule has 0 aliphatic rings. The fourth-order valence-corrected chi connectivity index (χ4v) is 2.25. The fraction of sp³-hybridized carbons (Fsp3) is 0.300. The second-order valence-electron chi connectivity index (χ2n) is 5.75. The lowest BCUT2D eigenvalue weighted by Gasteiger charge is -2.14. The Hall–Kier alpha value is -2.89. The number of esters is 1. The minimum Gasteiger partial charge on any atom is -0.491 e. The zero-order valence-electron chi connectivity index (χ0n) is 15.0. The van der Waals surface area contributed by atoms with Crippen molar-refractivity contribution >= 4 is 11.8 Å². The molecule has 0 amide bonds. The van der Waals surface area contributed by atoms with Crippen LogP contribution in [0.1, 0.15) is 36.7 Å². The van der Waals surface area contributed by atoms with E-state index in [0.717, 1.165) is 0 Å². The minimum atomic E-state index is -0.532. The van der Waals surface area contributed by atoms with Gasteiger partial charge in [0.05, 0.1) is 18.3 Å². The van der Waals surface area contributed by atoms with Crippen molar-refractivity contribution in [2.24, 2.45) is 0 Å². The van der Waals surface area contributed by atoms with Gasteiger partial charge in [0.2, 0.25) is 0 Å². The highest BCUT2D eigenvalue weighted by atomic mass is 19.1. The normalized spacial score (nSPS) is 10.5. The fourth-order valence-electron chi connectivity index (χ4n) is 2.25. The monoisotopic (exact) mass is 360 g/mol. The molecular formula is C20H21FO5. The summed E-state index contributed by atoms with van der Waals surface area (Å²) < 4.78 is 29.0. The van der Waals surface area contributed by atoms with E-state index >= 15 is 0 Å². The van der Waals surface area contributed by atoms with Gasteiger partial charge in [-0.3, -0.25) is 4.79 Å². The van der Waals surface area contributed by atoms with Crippen LogP contribution in [0.3, 0.4) is 0 Å². The first-order chi connectivity index (χ1) is 12.4. The summed E-state index contributed by atoms with van der Waals surface area (Å²) in [7, 11) is 0. The highest BCUT2D eigenvalue weighted by molar-refractivity contribution is 6.11. The van der Waals surface area contributed by atoms with Crippen molar-refractivity contribution in [3.63, 3.8) is 0 Å². The van der Waals surface area contributed by atoms with E-state index in [9.17, 15) is 14.0 Å². The van der Waals surface area contributed by atoms with Crippen LogP contribution in [0.2, 0.25) is 0 Å². The number of carbonyl (C=O) groups is 2. The summed E-state index contributed by atoms with van der Waals surface area (Å²) in [5.41, 5.74) is 0.521. The van der Waals surface area contributed by atoms with E-state index in [1.54, 1.807) is 25.1 Å². The SMILES string of the molecule is CCOC(=O)COc1ccc(OC(C)C)cc1C(=O)c1ccc(F)cc1. The van der Waals surface area contributed by atoms with Crippen molar-refractivity contribution in [2.45, 2.75) is 26.9 Å². The number of rotatable bonds is 8. The van der Waals surface area contributed by atoms with Crippen molar-refractivity contribution in [3.8, 4) is 11.5 Å². The van der Waals surface area contributed by atoms with E-state index in [1.165, 1.54) is 24.3 Å². The molecule has 0 spiro atoms. The van der Waals surface area contributed by atoms with E-state index in [2.05, 4.69) is 0 Å². The standard InChI is InChI=1S/C20H21FO5/c1-4-24-19(22)12-25-18-10-9-16(26-13(2)3)11-17(18)20(23)14-5-7-15(21)8-6-14/h5-11,13H,4,12H2,1-3H3. The Morgan fingerprint density at radius 1 is 1.08 bits per heavy atom. The lowest BCUT2D eigenvalue weighted by atomic mass is 10.0. The molecule has 2 rings (SSSR count). The van der Waals surface area contributed by atoms with E-state index in [-0.39, 0.29) is 36.4 Å². The highest BCUT2D eigenvalue weighted by Gasteiger charge is 2.18. The molecule has 0 unspecified atom stereocenters. The Labute approximate surface area is 151 Å². The first-order valence-corrected chi connectivity index (χ1v) is 8.30. The topological polar surface area (TPSA) is 61.8 Å². The summed E-state index contributed by atoms with van der Waals surface area (Å²) in [5.74, 6) is -0.608. The van der Waals surface area contributed by atoms with Gasteiger partial charge in [-0.15, -0.1) is 0 Å². The van der Waals surface area contributed by atoms with Gasteiger partial charge in [-0.2, -0.15) is 0 Å². The quantitative estimate of drug-likeness (QED) is 0.529. The molecule has 0 saturated heterocycles. The summed E-state index contributed by atoms with van der Waals surface area (Å²) in [6, 6.07) is 9.97. The molecule has 0 aliphatic heterocycles. The Bertz CT molecular complexity index is 768. The summed E-state index contributed by atoms with van der Waals surface area (Å²) in [6.45, 7) is 5.35. The predicted octanol–water partition coefficient (Wildman–Crippen LogP) is 3.79. The van der Waals surface area contributed by atoms with Gasteiger partial charge in [0.1, 0.15) is 17.3 Å². The van der Waals surface area contributed by atoms with Crippen LogP contribution in [0.5, 0.6) is 11.5 Å². The maximum atomic E-state index is 13.1. The molecule has 0 atom stereocenters. The summed E-state index contributed by atoms with van der Waals surface area (Å²) in [5, 5.41) is 0. The second-order valence-corrected chi connectivity index (χ2v) is 5.75. The summed E-state index contributed by atoms with van der Waals surface area (Å²) in [4.78, 5) is 24.3. The molecule has 0 N–H and O–H groups in total. The molecule has 0 saturated carbocycles. The Balaban J connectivity index is 2.32. The molecule has 26 heavy (non-hydrogen) atoms. The lowest BCUT2D eigenvalue weighted by molar-refractivity contribution is -0.145. The molecule has 0 radical (unpaired) electrons. The van der Waals surface area contributed by atoms with Crippen LogP contribution in [-0.4, -0.2) is 31.1 Å². The third-order valence-corrected chi connectivity index (χ3v) is 3.32. The maximum Gasteiger partial charge on any atom is 0.344 e. The molecule has 0 aromatic heterocycles. The Morgan fingerprint density at radius 2 is 1.77 bits per heavy atom. The smallest absolute Gasteiger partial charge is 0.344 e. The second kappa shape index (κ2) is 8.99. The number of ketones is 1. The van der Waals surface area contributed by atoms with Gasteiger partial charge >= 0.3 is 5.97 Å². The highest BCUT2D eigenvalue weighted by Crippen LogP contribution is 2.27. The Kier molecular flexibility index (Phi) is 6.72. The van der Waals surface area contributed by atoms with Crippen molar-refractivity contribution < 1.29 is 28.2 Å². The van der Waals surface area contributed by atoms with Gasteiger partial charge in [-0.1, -0.05) is 0 Å². The molecular weight excluding hydrogens is 339 g/mol. The number of ether oxygens (including phenoxy) is 3. The van der Waals surface area contributed by atoms with Crippen LogP contribution in [0.4, 0.5) is 4.39 Å². The number of hydrogen-bond donors (Lipinski definition) is 0. The first-order valence-electron chi connectivity index (χ1n) is 8.30. The van der Waals surface area contributed by atoms with E-state index in [4.69, 9.17) is 14.2 Å². The van der Waals surface area contributed by atoms with Crippen LogP contribution in [-0.2, 0) is 9.53 Å². The predicted molar refractivity (Wildman–Crippen MR) is 94.2 cm³/mol. The van der Waals surface area contributed by atoms with Crippen molar-refractivity contribution in [1.82, 2.24) is 0 Å². The van der Waals surface area contributed by atoms with E-state index in [0.29, 0.717) is 11.3 Å². The summed E-state index contributed by atoms with van der Waals surface area (Å²) in [6.07, 6.45) is -0.0740. The van der Waals surface area contributed by atoms with Crippen LogP contribution < -0.4 is 9.47 Å². The zero-order valence-corrected chi connectivity index (χ0v) is 15.0. The van der Waals surface area contributed by atoms with Crippen LogP contribution in [0.15, 0.2) is 42.5 Å². The van der Waals surface area contributed by atoms with Crippen LogP contribution >= 0.6 is 0 Å². The molecule has 0 aliphatic carbocycles. The number of halogens is 1. The first kappa shape index (κ1) is 19.4. The van der Waals surface area contributed by atoms with Gasteiger partial charge in [0, 0.05) is 5.56 Å². The van der Waals surface area contributed by atoms with Gasteiger partial charge in [-0.25, -0.2) is 9.18 Å². The minimum absolute atomic E-state index is 0.0740. The molecule has 6 heteroatoms. The lowest BCUT2D eigenvalue weighted by Crippen LogP contribution is -2.16. The van der Waals surface area contributed by atoms with Gasteiger partial charge in [0.15, 0.2) is 12.4 Å². The largest absolute Gasteiger partial charge is 0.491 e. The van der Waals surface area contributed by atoms with Gasteiger partial charge in [-0.05, 0) is 63.2 Å². The third-order valence-electron chi connectivity index (χ3n) is 3.32. The molecule has 138 valence electrons. The van der Waals surface area contributed by atoms with Crippen LogP contribution in [0.25, 0.3) is 0 Å². The number of benzene rings is 2. The maximum absolute atomic E-state index is 13.1. The molecule has 0 fully saturated rings. The van der Waals surface area contributed by atoms with E-state index in [1.807, 2.05) is 13.8 Å². The third kappa shape index (κ3) is 5.31. The zero-order chi connectivity index (χ0) is 19.1. The van der Waals surface area contributed by atoms with Crippen LogP contribution in [0, 0.1) is 5.82 Å². The average Bonchev–Trinajstić information content (AvgIpc) is 2.60. The molecule has 2 aromatic carbocycles. The summed E-state index contributed by atoms with van der Waals surface area (Å²) >= 11 is 0. The van der Waals surface area contributed by atoms with Gasteiger partial charge in [0.25, 0.3) is 0 Å². The van der Waals surface area contributed by atoms with Crippen molar-refractivity contribution in [3.05, 3.63) is 59.4 Å². The van der Waals surface area contributed by atoms with Crippen molar-refractivity contribution in [1.29, 1.82) is 0 Å². The van der Waals surface area contributed by atoms with Gasteiger partial charge < -0.3 is 14.2 Å². The molecule has 0 heterocycles. The van der Waals surface area contributed by atoms with E-state index < -0.39 is 11.8 Å².